The molecule has 5 rings (SSSR count). The molecule has 0 bridgehead atoms. The van der Waals surface area contributed by atoms with Gasteiger partial charge in [-0.3, -0.25) is 9.59 Å². The highest BCUT2D eigenvalue weighted by Gasteiger charge is 2.45. The van der Waals surface area contributed by atoms with Crippen molar-refractivity contribution in [1.82, 2.24) is 9.47 Å². The monoisotopic (exact) mass is 521 g/mol. The van der Waals surface area contributed by atoms with Crippen LogP contribution in [0.5, 0.6) is 0 Å². The van der Waals surface area contributed by atoms with E-state index in [0.29, 0.717) is 11.1 Å². The van der Waals surface area contributed by atoms with Crippen molar-refractivity contribution in [3.8, 4) is 0 Å². The molecule has 1 aliphatic heterocycles. The van der Waals surface area contributed by atoms with E-state index in [9.17, 15) is 22.8 Å². The Balaban J connectivity index is 1.63. The first-order valence-electron chi connectivity index (χ1n) is 12.1. The topological polar surface area (TPSA) is 63.6 Å². The molecule has 0 radical (unpaired) electrons. The molecule has 0 saturated heterocycles. The summed E-state index contributed by atoms with van der Waals surface area (Å²) in [5, 5.41) is 3.70. The van der Waals surface area contributed by atoms with E-state index in [-0.39, 0.29) is 24.7 Å². The summed E-state index contributed by atoms with van der Waals surface area (Å²) in [6, 6.07) is 18.4. The van der Waals surface area contributed by atoms with Crippen molar-refractivity contribution >= 4 is 28.4 Å². The molecule has 4 aromatic rings. The Morgan fingerprint density at radius 3 is 2.37 bits per heavy atom. The van der Waals surface area contributed by atoms with Gasteiger partial charge in [0.15, 0.2) is 0 Å². The average Bonchev–Trinajstić information content (AvgIpc) is 3.24. The van der Waals surface area contributed by atoms with E-state index in [0.717, 1.165) is 28.6 Å². The lowest BCUT2D eigenvalue weighted by Crippen LogP contribution is -2.47. The number of benzene rings is 3. The molecule has 2 heterocycles. The molecule has 0 aliphatic carbocycles. The van der Waals surface area contributed by atoms with Crippen LogP contribution >= 0.6 is 0 Å². The van der Waals surface area contributed by atoms with E-state index >= 15 is 0 Å². The predicted octanol–water partition coefficient (Wildman–Crippen LogP) is 5.76. The number of aryl methyl sites for hydroxylation is 1. The molecule has 1 aromatic heterocycles. The van der Waals surface area contributed by atoms with Crippen LogP contribution in [-0.4, -0.2) is 41.5 Å². The summed E-state index contributed by atoms with van der Waals surface area (Å²) in [4.78, 5) is 29.3. The molecule has 9 heteroatoms. The molecule has 6 nitrogen and oxygen atoms in total. The fourth-order valence-electron chi connectivity index (χ4n) is 5.23. The quantitative estimate of drug-likeness (QED) is 0.351. The molecule has 0 saturated carbocycles. The molecular formula is C29H26F3N3O3. The van der Waals surface area contributed by atoms with Crippen molar-refractivity contribution < 1.29 is 27.5 Å². The normalized spacial score (nSPS) is 17.5. The minimum Gasteiger partial charge on any atom is -0.383 e. The SMILES string of the molecule is COCCN1C(=O)c2ccccc2[C@@H](C(=O)Nc2ccc(C(F)(F)F)cc2)[C@@H]1c1cn(C)c2ccccc12. The smallest absolute Gasteiger partial charge is 0.383 e. The number of para-hydroxylation sites is 1. The van der Waals surface area contributed by atoms with Gasteiger partial charge in [0, 0.05) is 54.6 Å². The third-order valence-corrected chi connectivity index (χ3v) is 6.98. The zero-order valence-corrected chi connectivity index (χ0v) is 20.8. The maximum absolute atomic E-state index is 14.0. The lowest BCUT2D eigenvalue weighted by Gasteiger charge is -2.41. The Kier molecular flexibility index (Phi) is 6.71. The number of hydrogen-bond acceptors (Lipinski definition) is 3. The number of hydrogen-bond donors (Lipinski definition) is 1. The Hall–Kier alpha value is -4.11. The van der Waals surface area contributed by atoms with Crippen molar-refractivity contribution in [2.24, 2.45) is 7.05 Å². The maximum atomic E-state index is 14.0. The van der Waals surface area contributed by atoms with Crippen molar-refractivity contribution in [1.29, 1.82) is 0 Å². The minimum absolute atomic E-state index is 0.214. The van der Waals surface area contributed by atoms with Crippen LogP contribution in [0.1, 0.15) is 39.0 Å². The minimum atomic E-state index is -4.48. The second kappa shape index (κ2) is 9.98. The van der Waals surface area contributed by atoms with Crippen LogP contribution in [0.2, 0.25) is 0 Å². The largest absolute Gasteiger partial charge is 0.416 e. The Bertz CT molecular complexity index is 1490. The number of aromatic nitrogens is 1. The molecule has 1 aliphatic rings. The summed E-state index contributed by atoms with van der Waals surface area (Å²) >= 11 is 0. The first kappa shape index (κ1) is 25.5. The van der Waals surface area contributed by atoms with E-state index in [2.05, 4.69) is 5.32 Å². The molecule has 3 aromatic carbocycles. The number of methoxy groups -OCH3 is 1. The van der Waals surface area contributed by atoms with Gasteiger partial charge in [0.25, 0.3) is 5.91 Å². The number of nitrogens with zero attached hydrogens (tertiary/aromatic N) is 2. The highest BCUT2D eigenvalue weighted by Crippen LogP contribution is 2.45. The molecule has 0 spiro atoms. The van der Waals surface area contributed by atoms with Crippen LogP contribution in [0, 0.1) is 0 Å². The number of rotatable bonds is 6. The highest BCUT2D eigenvalue weighted by atomic mass is 19.4. The lowest BCUT2D eigenvalue weighted by molar-refractivity contribution is -0.137. The fraction of sp³-hybridized carbons (Fsp3) is 0.241. The summed E-state index contributed by atoms with van der Waals surface area (Å²) in [6.45, 7) is 0.518. The van der Waals surface area contributed by atoms with Crippen LogP contribution in [0.4, 0.5) is 18.9 Å². The molecular weight excluding hydrogens is 495 g/mol. The summed E-state index contributed by atoms with van der Waals surface area (Å²) in [6.07, 6.45) is -2.55. The third-order valence-electron chi connectivity index (χ3n) is 6.98. The molecule has 1 N–H and O–H groups in total. The summed E-state index contributed by atoms with van der Waals surface area (Å²) in [5.74, 6) is -1.46. The van der Waals surface area contributed by atoms with Crippen LogP contribution < -0.4 is 5.32 Å². The van der Waals surface area contributed by atoms with E-state index in [1.54, 1.807) is 36.3 Å². The Labute approximate surface area is 217 Å². The van der Waals surface area contributed by atoms with Gasteiger partial charge in [-0.1, -0.05) is 36.4 Å². The number of anilines is 1. The number of carbonyl (C=O) groups is 2. The molecule has 0 unspecified atom stereocenters. The van der Waals surface area contributed by atoms with Gasteiger partial charge in [0.05, 0.1) is 24.1 Å². The van der Waals surface area contributed by atoms with Gasteiger partial charge in [-0.25, -0.2) is 0 Å². The van der Waals surface area contributed by atoms with Gasteiger partial charge >= 0.3 is 6.18 Å². The van der Waals surface area contributed by atoms with Gasteiger partial charge in [0.2, 0.25) is 5.91 Å². The predicted molar refractivity (Wildman–Crippen MR) is 138 cm³/mol. The number of fused-ring (bicyclic) bond motifs is 2. The average molecular weight is 522 g/mol. The van der Waals surface area contributed by atoms with Gasteiger partial charge in [-0.05, 0) is 42.0 Å². The van der Waals surface area contributed by atoms with Crippen LogP contribution in [0.25, 0.3) is 10.9 Å². The first-order valence-corrected chi connectivity index (χ1v) is 12.1. The van der Waals surface area contributed by atoms with Crippen molar-refractivity contribution in [2.75, 3.05) is 25.6 Å². The van der Waals surface area contributed by atoms with Gasteiger partial charge in [-0.2, -0.15) is 13.2 Å². The number of carbonyl (C=O) groups excluding carboxylic acids is 2. The fourth-order valence-corrected chi connectivity index (χ4v) is 5.23. The van der Waals surface area contributed by atoms with Gasteiger partial charge in [0.1, 0.15) is 0 Å². The third kappa shape index (κ3) is 4.54. The van der Waals surface area contributed by atoms with Crippen LogP contribution in [0.15, 0.2) is 79.0 Å². The highest BCUT2D eigenvalue weighted by molar-refractivity contribution is 6.05. The second-order valence-electron chi connectivity index (χ2n) is 9.28. The Morgan fingerprint density at radius 1 is 0.974 bits per heavy atom. The Morgan fingerprint density at radius 2 is 1.66 bits per heavy atom. The molecule has 0 fully saturated rings. The number of amides is 2. The van der Waals surface area contributed by atoms with Crippen molar-refractivity contribution in [2.45, 2.75) is 18.1 Å². The zero-order valence-electron chi connectivity index (χ0n) is 20.8. The molecule has 2 atom stereocenters. The molecule has 2 amide bonds. The number of ether oxygens (including phenoxy) is 1. The number of halogens is 3. The summed E-state index contributed by atoms with van der Waals surface area (Å²) in [5.41, 5.74) is 2.15. The second-order valence-corrected chi connectivity index (χ2v) is 9.28. The van der Waals surface area contributed by atoms with Gasteiger partial charge < -0.3 is 19.5 Å². The standard InChI is InChI=1S/C29H26F3N3O3/c1-34-17-23(20-7-5-6-10-24(20)34)26-25(27(36)33-19-13-11-18(12-14-19)29(30,31)32)21-8-3-4-9-22(21)28(37)35(26)15-16-38-2/h3-14,17,25-26H,15-16H2,1-2H3,(H,33,36)/t25-,26+/m1/s1. The van der Waals surface area contributed by atoms with Crippen molar-refractivity contribution in [3.05, 3.63) is 101 Å². The lowest BCUT2D eigenvalue weighted by atomic mass is 9.79. The van der Waals surface area contributed by atoms with E-state index in [1.807, 2.05) is 42.1 Å². The zero-order chi connectivity index (χ0) is 27.0. The van der Waals surface area contributed by atoms with Crippen LogP contribution in [-0.2, 0) is 22.8 Å². The van der Waals surface area contributed by atoms with E-state index in [1.165, 1.54) is 12.1 Å². The molecule has 196 valence electrons. The number of alkyl halides is 3. The first-order chi connectivity index (χ1) is 18.2. The summed E-state index contributed by atoms with van der Waals surface area (Å²) in [7, 11) is 3.45. The maximum Gasteiger partial charge on any atom is 0.416 e. The van der Waals surface area contributed by atoms with Crippen molar-refractivity contribution in [3.63, 3.8) is 0 Å². The van der Waals surface area contributed by atoms with Gasteiger partial charge in [-0.15, -0.1) is 0 Å². The van der Waals surface area contributed by atoms with Crippen LogP contribution in [0.3, 0.4) is 0 Å². The summed E-state index contributed by atoms with van der Waals surface area (Å²) < 4.78 is 46.4. The van der Waals surface area contributed by atoms with E-state index in [4.69, 9.17) is 4.74 Å². The van der Waals surface area contributed by atoms with E-state index < -0.39 is 29.6 Å². The molecule has 38 heavy (non-hydrogen) atoms. The number of nitrogens with one attached hydrogen (secondary N) is 1.